The molecule has 0 spiro atoms. The lowest BCUT2D eigenvalue weighted by atomic mass is 10.1. The van der Waals surface area contributed by atoms with Gasteiger partial charge >= 0.3 is 0 Å². The summed E-state index contributed by atoms with van der Waals surface area (Å²) in [7, 11) is 0. The van der Waals surface area contributed by atoms with Crippen molar-refractivity contribution in [3.05, 3.63) is 64.5 Å². The molecule has 0 aliphatic carbocycles. The van der Waals surface area contributed by atoms with Gasteiger partial charge in [0.1, 0.15) is 10.8 Å². The Morgan fingerprint density at radius 3 is 2.86 bits per heavy atom. The molecule has 0 atom stereocenters. The standard InChI is InChI=1S/C16H16FN3S/c1-11-8-14(17)5-4-13(11)10-18-15-9-16(21-12(15)2)20-7-3-6-19-20/h3-9,18H,10H2,1-2H3. The van der Waals surface area contributed by atoms with Crippen molar-refractivity contribution >= 4 is 17.0 Å². The maximum atomic E-state index is 13.1. The van der Waals surface area contributed by atoms with E-state index in [1.54, 1.807) is 23.6 Å². The summed E-state index contributed by atoms with van der Waals surface area (Å²) >= 11 is 1.69. The summed E-state index contributed by atoms with van der Waals surface area (Å²) in [6.07, 6.45) is 3.70. The summed E-state index contributed by atoms with van der Waals surface area (Å²) in [5, 5.41) is 8.74. The van der Waals surface area contributed by atoms with Crippen LogP contribution in [-0.2, 0) is 6.54 Å². The first-order valence-electron chi connectivity index (χ1n) is 6.73. The lowest BCUT2D eigenvalue weighted by Crippen LogP contribution is -2.01. The van der Waals surface area contributed by atoms with Crippen LogP contribution >= 0.6 is 11.3 Å². The van der Waals surface area contributed by atoms with Crippen molar-refractivity contribution in [3.63, 3.8) is 0 Å². The normalized spacial score (nSPS) is 10.8. The minimum absolute atomic E-state index is 0.191. The van der Waals surface area contributed by atoms with E-state index in [1.807, 2.05) is 29.9 Å². The van der Waals surface area contributed by atoms with Crippen LogP contribution in [-0.4, -0.2) is 9.78 Å². The minimum atomic E-state index is -0.191. The van der Waals surface area contributed by atoms with Gasteiger partial charge in [0.05, 0.1) is 5.69 Å². The highest BCUT2D eigenvalue weighted by molar-refractivity contribution is 7.15. The molecule has 2 aromatic heterocycles. The smallest absolute Gasteiger partial charge is 0.123 e. The van der Waals surface area contributed by atoms with Gasteiger partial charge in [-0.2, -0.15) is 5.10 Å². The largest absolute Gasteiger partial charge is 0.380 e. The number of halogens is 1. The lowest BCUT2D eigenvalue weighted by molar-refractivity contribution is 0.625. The Morgan fingerprint density at radius 2 is 2.14 bits per heavy atom. The minimum Gasteiger partial charge on any atom is -0.380 e. The molecule has 3 rings (SSSR count). The van der Waals surface area contributed by atoms with Crippen LogP contribution in [0.15, 0.2) is 42.7 Å². The Morgan fingerprint density at radius 1 is 1.29 bits per heavy atom. The van der Waals surface area contributed by atoms with Gasteiger partial charge in [-0.3, -0.25) is 0 Å². The van der Waals surface area contributed by atoms with Crippen LogP contribution in [0.4, 0.5) is 10.1 Å². The Kier molecular flexibility index (Phi) is 3.75. The molecule has 21 heavy (non-hydrogen) atoms. The van der Waals surface area contributed by atoms with Crippen LogP contribution in [0.3, 0.4) is 0 Å². The summed E-state index contributed by atoms with van der Waals surface area (Å²) in [6, 6.07) is 8.88. The molecule has 0 saturated heterocycles. The molecule has 2 heterocycles. The van der Waals surface area contributed by atoms with Crippen molar-refractivity contribution in [1.82, 2.24) is 9.78 Å². The van der Waals surface area contributed by atoms with Crippen LogP contribution < -0.4 is 5.32 Å². The number of rotatable bonds is 4. The third-order valence-electron chi connectivity index (χ3n) is 3.41. The van der Waals surface area contributed by atoms with Crippen LogP contribution in [0, 0.1) is 19.7 Å². The molecular weight excluding hydrogens is 285 g/mol. The summed E-state index contributed by atoms with van der Waals surface area (Å²) < 4.78 is 15.0. The quantitative estimate of drug-likeness (QED) is 0.778. The van der Waals surface area contributed by atoms with Gasteiger partial charge in [-0.15, -0.1) is 11.3 Å². The maximum absolute atomic E-state index is 13.1. The van der Waals surface area contributed by atoms with Crippen molar-refractivity contribution in [2.24, 2.45) is 0 Å². The van der Waals surface area contributed by atoms with E-state index >= 15 is 0 Å². The molecule has 0 unspecified atom stereocenters. The maximum Gasteiger partial charge on any atom is 0.123 e. The van der Waals surface area contributed by atoms with E-state index in [0.717, 1.165) is 21.8 Å². The average molecular weight is 301 g/mol. The van der Waals surface area contributed by atoms with Crippen LogP contribution in [0.5, 0.6) is 0 Å². The first-order valence-corrected chi connectivity index (χ1v) is 7.54. The number of aromatic nitrogens is 2. The fourth-order valence-corrected chi connectivity index (χ4v) is 3.14. The Hall–Kier alpha value is -2.14. The van der Waals surface area contributed by atoms with E-state index < -0.39 is 0 Å². The second kappa shape index (κ2) is 5.69. The molecule has 3 nitrogen and oxygen atoms in total. The second-order valence-corrected chi connectivity index (χ2v) is 6.16. The Labute approximate surface area is 127 Å². The number of benzene rings is 1. The highest BCUT2D eigenvalue weighted by atomic mass is 32.1. The van der Waals surface area contributed by atoms with Gasteiger partial charge in [-0.25, -0.2) is 9.07 Å². The van der Waals surface area contributed by atoms with Gasteiger partial charge in [0.15, 0.2) is 0 Å². The predicted molar refractivity (Wildman–Crippen MR) is 84.6 cm³/mol. The van der Waals surface area contributed by atoms with Gasteiger partial charge < -0.3 is 5.32 Å². The van der Waals surface area contributed by atoms with Gasteiger partial charge in [-0.1, -0.05) is 6.07 Å². The number of nitrogens with zero attached hydrogens (tertiary/aromatic N) is 2. The molecule has 0 bridgehead atoms. The topological polar surface area (TPSA) is 29.9 Å². The van der Waals surface area contributed by atoms with Crippen LogP contribution in [0.25, 0.3) is 5.00 Å². The monoisotopic (exact) mass is 301 g/mol. The highest BCUT2D eigenvalue weighted by Gasteiger charge is 2.08. The molecule has 0 aliphatic heterocycles. The lowest BCUT2D eigenvalue weighted by Gasteiger charge is -2.08. The van der Waals surface area contributed by atoms with Crippen molar-refractivity contribution in [1.29, 1.82) is 0 Å². The zero-order valence-electron chi connectivity index (χ0n) is 11.9. The van der Waals surface area contributed by atoms with E-state index in [4.69, 9.17) is 0 Å². The van der Waals surface area contributed by atoms with Gasteiger partial charge in [0.25, 0.3) is 0 Å². The summed E-state index contributed by atoms with van der Waals surface area (Å²) in [6.45, 7) is 4.69. The van der Waals surface area contributed by atoms with E-state index in [2.05, 4.69) is 23.4 Å². The summed E-state index contributed by atoms with van der Waals surface area (Å²) in [5.41, 5.74) is 3.15. The molecule has 0 aliphatic rings. The Balaban J connectivity index is 1.76. The molecule has 3 aromatic rings. The Bertz CT molecular complexity index is 747. The first kappa shape index (κ1) is 13.8. The number of anilines is 1. The van der Waals surface area contributed by atoms with E-state index in [0.29, 0.717) is 6.54 Å². The third-order valence-corrected chi connectivity index (χ3v) is 4.45. The van der Waals surface area contributed by atoms with Crippen LogP contribution in [0.2, 0.25) is 0 Å². The second-order valence-electron chi connectivity index (χ2n) is 4.93. The third kappa shape index (κ3) is 2.97. The number of hydrogen-bond donors (Lipinski definition) is 1. The van der Waals surface area contributed by atoms with E-state index in [1.165, 1.54) is 10.9 Å². The summed E-state index contributed by atoms with van der Waals surface area (Å²) in [4.78, 5) is 1.21. The molecule has 0 saturated carbocycles. The van der Waals surface area contributed by atoms with E-state index in [9.17, 15) is 4.39 Å². The number of thiophene rings is 1. The van der Waals surface area contributed by atoms with Crippen molar-refractivity contribution in [2.75, 3.05) is 5.32 Å². The van der Waals surface area contributed by atoms with Crippen molar-refractivity contribution in [2.45, 2.75) is 20.4 Å². The van der Waals surface area contributed by atoms with Gasteiger partial charge in [0, 0.05) is 23.8 Å². The molecule has 0 fully saturated rings. The molecule has 1 aromatic carbocycles. The SMILES string of the molecule is Cc1cc(F)ccc1CNc1cc(-n2cccn2)sc1C. The zero-order valence-corrected chi connectivity index (χ0v) is 12.7. The number of nitrogens with one attached hydrogen (secondary N) is 1. The highest BCUT2D eigenvalue weighted by Crippen LogP contribution is 2.29. The molecule has 1 N–H and O–H groups in total. The number of hydrogen-bond acceptors (Lipinski definition) is 3. The number of aryl methyl sites for hydroxylation is 2. The van der Waals surface area contributed by atoms with E-state index in [-0.39, 0.29) is 5.82 Å². The molecule has 5 heteroatoms. The summed E-state index contributed by atoms with van der Waals surface area (Å²) in [5.74, 6) is -0.191. The fourth-order valence-electron chi connectivity index (χ4n) is 2.20. The average Bonchev–Trinajstić information content (AvgIpc) is 3.07. The van der Waals surface area contributed by atoms with Gasteiger partial charge in [-0.05, 0) is 49.2 Å². The first-order chi connectivity index (χ1) is 10.1. The molecule has 0 radical (unpaired) electrons. The fraction of sp³-hybridized carbons (Fsp3) is 0.188. The van der Waals surface area contributed by atoms with Crippen molar-refractivity contribution < 1.29 is 4.39 Å². The molecular formula is C16H16FN3S. The zero-order chi connectivity index (χ0) is 14.8. The van der Waals surface area contributed by atoms with Crippen molar-refractivity contribution in [3.8, 4) is 5.00 Å². The van der Waals surface area contributed by atoms with Crippen LogP contribution in [0.1, 0.15) is 16.0 Å². The predicted octanol–water partition coefficient (Wildman–Crippen LogP) is 4.30. The van der Waals surface area contributed by atoms with Gasteiger partial charge in [0.2, 0.25) is 0 Å². The molecule has 108 valence electrons. The molecule has 0 amide bonds.